The molecule has 5 heteroatoms. The Bertz CT molecular complexity index is 515. The van der Waals surface area contributed by atoms with E-state index in [1.54, 1.807) is 13.0 Å². The normalized spacial score (nSPS) is 31.6. The minimum absolute atomic E-state index is 0.191. The number of carbonyl (C=O) groups excluding carboxylic acids is 1. The third-order valence-electron chi connectivity index (χ3n) is 3.61. The van der Waals surface area contributed by atoms with Crippen LogP contribution in [0.4, 0.5) is 0 Å². The number of fused-ring (bicyclic) bond motifs is 2. The van der Waals surface area contributed by atoms with Crippen molar-refractivity contribution in [3.05, 3.63) is 34.7 Å². The maximum atomic E-state index is 11.9. The van der Waals surface area contributed by atoms with Crippen molar-refractivity contribution in [2.24, 2.45) is 11.1 Å². The Balaban J connectivity index is 1.98. The predicted molar refractivity (Wildman–Crippen MR) is 63.1 cm³/mol. The van der Waals surface area contributed by atoms with Gasteiger partial charge in [-0.3, -0.25) is 0 Å². The predicted octanol–water partition coefficient (Wildman–Crippen LogP) is 2.21. The molecular formula is C13H13NO4. The Labute approximate surface area is 104 Å². The summed E-state index contributed by atoms with van der Waals surface area (Å²) in [6.07, 6.45) is 0.497. The number of nitroso groups, excluding NO2 is 1. The van der Waals surface area contributed by atoms with Crippen molar-refractivity contribution in [1.82, 2.24) is 0 Å². The summed E-state index contributed by atoms with van der Waals surface area (Å²) in [6, 6.07) is 6.69. The van der Waals surface area contributed by atoms with Gasteiger partial charge in [-0.25, -0.2) is 4.79 Å². The van der Waals surface area contributed by atoms with Crippen molar-refractivity contribution in [3.63, 3.8) is 0 Å². The molecule has 3 atom stereocenters. The van der Waals surface area contributed by atoms with Crippen molar-refractivity contribution in [3.8, 4) is 5.75 Å². The largest absolute Gasteiger partial charge is 0.475 e. The van der Waals surface area contributed by atoms with Gasteiger partial charge >= 0.3 is 5.97 Å². The Hall–Kier alpha value is -1.91. The first kappa shape index (κ1) is 11.2. The second kappa shape index (κ2) is 3.80. The van der Waals surface area contributed by atoms with Gasteiger partial charge in [-0.1, -0.05) is 23.4 Å². The van der Waals surface area contributed by atoms with E-state index in [0.717, 1.165) is 5.56 Å². The zero-order chi connectivity index (χ0) is 12.8. The van der Waals surface area contributed by atoms with Gasteiger partial charge in [0.05, 0.1) is 6.61 Å². The molecule has 1 unspecified atom stereocenters. The van der Waals surface area contributed by atoms with Crippen LogP contribution >= 0.6 is 0 Å². The molecule has 2 aliphatic rings. The molecule has 1 saturated carbocycles. The molecule has 0 amide bonds. The average molecular weight is 247 g/mol. The van der Waals surface area contributed by atoms with E-state index in [-0.39, 0.29) is 5.92 Å². The summed E-state index contributed by atoms with van der Waals surface area (Å²) in [5.41, 5.74) is -0.224. The molecular weight excluding hydrogens is 234 g/mol. The second-order valence-electron chi connectivity index (χ2n) is 4.61. The minimum atomic E-state index is -0.983. The molecule has 3 rings (SSSR count). The van der Waals surface area contributed by atoms with E-state index in [1.807, 2.05) is 18.2 Å². The van der Waals surface area contributed by atoms with E-state index in [1.165, 1.54) is 0 Å². The van der Waals surface area contributed by atoms with Gasteiger partial charge in [-0.15, -0.1) is 0 Å². The number of esters is 1. The molecule has 0 N–H and O–H groups in total. The average Bonchev–Trinajstić information content (AvgIpc) is 3.11. The highest BCUT2D eigenvalue weighted by molar-refractivity contribution is 5.85. The van der Waals surface area contributed by atoms with E-state index in [4.69, 9.17) is 9.47 Å². The van der Waals surface area contributed by atoms with Crippen LogP contribution in [-0.2, 0) is 9.53 Å². The van der Waals surface area contributed by atoms with Crippen LogP contribution in [0.3, 0.4) is 0 Å². The van der Waals surface area contributed by atoms with Crippen LogP contribution in [0.5, 0.6) is 5.75 Å². The van der Waals surface area contributed by atoms with Crippen LogP contribution in [0.1, 0.15) is 24.9 Å². The lowest BCUT2D eigenvalue weighted by Gasteiger charge is -2.27. The van der Waals surface area contributed by atoms with Gasteiger partial charge in [0.2, 0.25) is 5.60 Å². The summed E-state index contributed by atoms with van der Waals surface area (Å²) in [4.78, 5) is 23.0. The SMILES string of the molecule is CCOC(=O)[C@]12C[C@H]1C(N=O)c1ccccc1O2. The third kappa shape index (κ3) is 1.36. The summed E-state index contributed by atoms with van der Waals surface area (Å²) in [7, 11) is 0. The van der Waals surface area contributed by atoms with E-state index >= 15 is 0 Å². The summed E-state index contributed by atoms with van der Waals surface area (Å²) in [5, 5.41) is 3.16. The topological polar surface area (TPSA) is 65.0 Å². The number of hydrogen-bond donors (Lipinski definition) is 0. The van der Waals surface area contributed by atoms with Gasteiger partial charge in [-0.05, 0) is 13.0 Å². The Kier molecular flexibility index (Phi) is 2.36. The lowest BCUT2D eigenvalue weighted by Crippen LogP contribution is -2.37. The molecule has 0 bridgehead atoms. The number of benzene rings is 1. The monoisotopic (exact) mass is 247 g/mol. The minimum Gasteiger partial charge on any atom is -0.475 e. The highest BCUT2D eigenvalue weighted by atomic mass is 16.6. The molecule has 1 aromatic rings. The number of carbonyl (C=O) groups is 1. The quantitative estimate of drug-likeness (QED) is 0.606. The summed E-state index contributed by atoms with van der Waals surface area (Å²) < 4.78 is 10.8. The van der Waals surface area contributed by atoms with Crippen LogP contribution < -0.4 is 4.74 Å². The van der Waals surface area contributed by atoms with Gasteiger partial charge < -0.3 is 9.47 Å². The van der Waals surface area contributed by atoms with Gasteiger partial charge in [0.25, 0.3) is 0 Å². The van der Waals surface area contributed by atoms with Crippen LogP contribution in [0.2, 0.25) is 0 Å². The van der Waals surface area contributed by atoms with Crippen molar-refractivity contribution in [2.75, 3.05) is 6.61 Å². The van der Waals surface area contributed by atoms with Gasteiger partial charge in [-0.2, -0.15) is 4.91 Å². The maximum absolute atomic E-state index is 11.9. The van der Waals surface area contributed by atoms with Gasteiger partial charge in [0.1, 0.15) is 11.8 Å². The first-order chi connectivity index (χ1) is 8.73. The van der Waals surface area contributed by atoms with Crippen molar-refractivity contribution in [2.45, 2.75) is 25.0 Å². The third-order valence-corrected chi connectivity index (χ3v) is 3.61. The first-order valence-electron chi connectivity index (χ1n) is 6.00. The Morgan fingerprint density at radius 2 is 2.33 bits per heavy atom. The van der Waals surface area contributed by atoms with Crippen molar-refractivity contribution < 1.29 is 14.3 Å². The standard InChI is InChI=1S/C13H13NO4/c1-2-17-12(15)13-7-9(13)11(14-16)8-5-3-4-6-10(8)18-13/h3-6,9,11H,2,7H2,1H3/t9-,11?,13-/m0/s1. The molecule has 0 radical (unpaired) electrons. The highest BCUT2D eigenvalue weighted by Crippen LogP contribution is 2.60. The molecule has 1 fully saturated rings. The summed E-state index contributed by atoms with van der Waals surface area (Å²) in [6.45, 7) is 2.05. The van der Waals surface area contributed by atoms with Crippen LogP contribution in [-0.4, -0.2) is 18.2 Å². The Morgan fingerprint density at radius 1 is 1.56 bits per heavy atom. The van der Waals surface area contributed by atoms with E-state index in [9.17, 15) is 9.70 Å². The smallest absolute Gasteiger partial charge is 0.350 e. The van der Waals surface area contributed by atoms with Crippen molar-refractivity contribution >= 4 is 5.97 Å². The lowest BCUT2D eigenvalue weighted by atomic mass is 9.97. The summed E-state index contributed by atoms with van der Waals surface area (Å²) in [5.74, 6) is -0.0222. The van der Waals surface area contributed by atoms with E-state index in [2.05, 4.69) is 5.18 Å². The van der Waals surface area contributed by atoms with Crippen molar-refractivity contribution in [1.29, 1.82) is 0 Å². The zero-order valence-electron chi connectivity index (χ0n) is 9.96. The van der Waals surface area contributed by atoms with Crippen LogP contribution in [0.25, 0.3) is 0 Å². The number of para-hydroxylation sites is 1. The molecule has 0 aromatic heterocycles. The zero-order valence-corrected chi connectivity index (χ0v) is 9.96. The molecule has 1 aromatic carbocycles. The number of hydrogen-bond acceptors (Lipinski definition) is 5. The van der Waals surface area contributed by atoms with E-state index in [0.29, 0.717) is 18.8 Å². The van der Waals surface area contributed by atoms with Crippen LogP contribution in [0.15, 0.2) is 29.4 Å². The fourth-order valence-corrected chi connectivity index (χ4v) is 2.64. The van der Waals surface area contributed by atoms with E-state index < -0.39 is 17.6 Å². The Morgan fingerprint density at radius 3 is 3.06 bits per heavy atom. The molecule has 1 heterocycles. The van der Waals surface area contributed by atoms with Gasteiger partial charge in [0, 0.05) is 17.9 Å². The molecule has 1 aliphatic heterocycles. The number of ether oxygens (including phenoxy) is 2. The molecule has 18 heavy (non-hydrogen) atoms. The van der Waals surface area contributed by atoms with Crippen LogP contribution in [0, 0.1) is 10.8 Å². The fourth-order valence-electron chi connectivity index (χ4n) is 2.64. The molecule has 94 valence electrons. The second-order valence-corrected chi connectivity index (χ2v) is 4.61. The molecule has 0 spiro atoms. The molecule has 5 nitrogen and oxygen atoms in total. The summed E-state index contributed by atoms with van der Waals surface area (Å²) >= 11 is 0. The lowest BCUT2D eigenvalue weighted by molar-refractivity contribution is -0.155. The first-order valence-corrected chi connectivity index (χ1v) is 6.00. The fraction of sp³-hybridized carbons (Fsp3) is 0.462. The molecule has 1 aliphatic carbocycles. The highest BCUT2D eigenvalue weighted by Gasteiger charge is 2.70. The van der Waals surface area contributed by atoms with Gasteiger partial charge in [0.15, 0.2) is 0 Å². The number of rotatable bonds is 3. The molecule has 0 saturated heterocycles. The maximum Gasteiger partial charge on any atom is 0.350 e. The number of nitrogens with zero attached hydrogens (tertiary/aromatic N) is 1.